The van der Waals surface area contributed by atoms with E-state index in [1.54, 1.807) is 19.9 Å². The molecule has 0 saturated carbocycles. The van der Waals surface area contributed by atoms with Gasteiger partial charge in [-0.15, -0.1) is 11.8 Å². The van der Waals surface area contributed by atoms with Gasteiger partial charge in [-0.2, -0.15) is 0 Å². The van der Waals surface area contributed by atoms with Gasteiger partial charge in [0, 0.05) is 23.7 Å². The Bertz CT molecular complexity index is 842. The standard InChI is InChI=1S/C20H24ClN3O3S/c1-13-10-18(23-27-13)22-20(26)14(2)28-12-19(25)24-9-5-7-16(24)11-15-6-3-4-8-17(15)21/h3-4,6,8,10,14,16H,5,7,9,11-12H2,1-2H3,(H,22,23,26). The second kappa shape index (κ2) is 9.47. The molecule has 2 unspecified atom stereocenters. The first kappa shape index (κ1) is 20.7. The number of nitrogens with zero attached hydrogens (tertiary/aromatic N) is 2. The Balaban J connectivity index is 1.50. The molecule has 2 heterocycles. The van der Waals surface area contributed by atoms with Crippen LogP contribution in [0, 0.1) is 6.92 Å². The summed E-state index contributed by atoms with van der Waals surface area (Å²) in [5, 5.41) is 6.82. The van der Waals surface area contributed by atoms with E-state index in [0.717, 1.165) is 36.4 Å². The second-order valence-electron chi connectivity index (χ2n) is 6.94. The Morgan fingerprint density at radius 2 is 2.21 bits per heavy atom. The van der Waals surface area contributed by atoms with Crippen molar-refractivity contribution in [2.24, 2.45) is 0 Å². The van der Waals surface area contributed by atoms with Gasteiger partial charge in [-0.05, 0) is 44.7 Å². The third-order valence-corrected chi connectivity index (χ3v) is 6.31. The lowest BCUT2D eigenvalue weighted by Gasteiger charge is -2.25. The molecule has 1 aliphatic heterocycles. The molecule has 1 N–H and O–H groups in total. The van der Waals surface area contributed by atoms with Gasteiger partial charge in [0.25, 0.3) is 0 Å². The van der Waals surface area contributed by atoms with Crippen LogP contribution in [0.15, 0.2) is 34.9 Å². The molecule has 3 rings (SSSR count). The summed E-state index contributed by atoms with van der Waals surface area (Å²) in [6.07, 6.45) is 2.73. The molecule has 1 saturated heterocycles. The molecule has 1 aliphatic rings. The fraction of sp³-hybridized carbons (Fsp3) is 0.450. The maximum Gasteiger partial charge on any atom is 0.238 e. The molecule has 150 valence electrons. The van der Waals surface area contributed by atoms with E-state index in [1.165, 1.54) is 11.8 Å². The minimum atomic E-state index is -0.370. The number of amides is 2. The van der Waals surface area contributed by atoms with E-state index in [4.69, 9.17) is 16.1 Å². The topological polar surface area (TPSA) is 75.4 Å². The summed E-state index contributed by atoms with van der Waals surface area (Å²) in [6, 6.07) is 9.59. The van der Waals surface area contributed by atoms with Crippen LogP contribution in [0.1, 0.15) is 31.1 Å². The molecule has 1 fully saturated rings. The first-order chi connectivity index (χ1) is 13.4. The normalized spacial score (nSPS) is 17.5. The molecule has 0 radical (unpaired) electrons. The first-order valence-electron chi connectivity index (χ1n) is 9.32. The Morgan fingerprint density at radius 3 is 2.93 bits per heavy atom. The van der Waals surface area contributed by atoms with Gasteiger partial charge in [0.2, 0.25) is 11.8 Å². The largest absolute Gasteiger partial charge is 0.360 e. The van der Waals surface area contributed by atoms with Crippen LogP contribution in [-0.4, -0.2) is 45.5 Å². The minimum absolute atomic E-state index is 0.0662. The zero-order valence-electron chi connectivity index (χ0n) is 16.0. The molecule has 28 heavy (non-hydrogen) atoms. The van der Waals surface area contributed by atoms with E-state index >= 15 is 0 Å². The average Bonchev–Trinajstić information content (AvgIpc) is 3.30. The Hall–Kier alpha value is -1.99. The van der Waals surface area contributed by atoms with E-state index < -0.39 is 0 Å². The smallest absolute Gasteiger partial charge is 0.238 e. The number of anilines is 1. The lowest BCUT2D eigenvalue weighted by molar-refractivity contribution is -0.129. The molecule has 0 bridgehead atoms. The van der Waals surface area contributed by atoms with Crippen LogP contribution in [0.5, 0.6) is 0 Å². The predicted octanol–water partition coefficient (Wildman–Crippen LogP) is 3.93. The van der Waals surface area contributed by atoms with Gasteiger partial charge in [-0.25, -0.2) is 0 Å². The molecular weight excluding hydrogens is 398 g/mol. The predicted molar refractivity (Wildman–Crippen MR) is 112 cm³/mol. The molecular formula is C20H24ClN3O3S. The van der Waals surface area contributed by atoms with Gasteiger partial charge in [0.05, 0.1) is 11.0 Å². The molecule has 8 heteroatoms. The Kier molecular flexibility index (Phi) is 7.02. The fourth-order valence-corrected chi connectivity index (χ4v) is 4.28. The van der Waals surface area contributed by atoms with Crippen molar-refractivity contribution in [3.8, 4) is 0 Å². The van der Waals surface area contributed by atoms with Crippen molar-refractivity contribution < 1.29 is 14.1 Å². The highest BCUT2D eigenvalue weighted by Crippen LogP contribution is 2.26. The summed E-state index contributed by atoms with van der Waals surface area (Å²) < 4.78 is 4.94. The van der Waals surface area contributed by atoms with Crippen molar-refractivity contribution in [3.05, 3.63) is 46.7 Å². The van der Waals surface area contributed by atoms with Gasteiger partial charge in [0.1, 0.15) is 5.76 Å². The third-order valence-electron chi connectivity index (χ3n) is 4.82. The highest BCUT2D eigenvalue weighted by molar-refractivity contribution is 8.01. The monoisotopic (exact) mass is 421 g/mol. The number of likely N-dealkylation sites (tertiary alicyclic amines) is 1. The minimum Gasteiger partial charge on any atom is -0.360 e. The summed E-state index contributed by atoms with van der Waals surface area (Å²) in [6.45, 7) is 4.30. The molecule has 6 nitrogen and oxygen atoms in total. The van der Waals surface area contributed by atoms with Gasteiger partial charge in [0.15, 0.2) is 5.82 Å². The van der Waals surface area contributed by atoms with Crippen molar-refractivity contribution >= 4 is 41.0 Å². The molecule has 2 aromatic rings. The number of carbonyl (C=O) groups excluding carboxylic acids is 2. The maximum absolute atomic E-state index is 12.7. The van der Waals surface area contributed by atoms with Gasteiger partial charge >= 0.3 is 0 Å². The van der Waals surface area contributed by atoms with E-state index in [9.17, 15) is 9.59 Å². The van der Waals surface area contributed by atoms with Crippen LogP contribution >= 0.6 is 23.4 Å². The molecule has 0 spiro atoms. The van der Waals surface area contributed by atoms with E-state index in [1.807, 2.05) is 29.2 Å². The number of rotatable bonds is 7. The number of thioether (sulfide) groups is 1. The van der Waals surface area contributed by atoms with Crippen LogP contribution in [0.3, 0.4) is 0 Å². The summed E-state index contributed by atoms with van der Waals surface area (Å²) >= 11 is 7.60. The summed E-state index contributed by atoms with van der Waals surface area (Å²) in [4.78, 5) is 26.9. The number of benzene rings is 1. The number of carbonyl (C=O) groups is 2. The quantitative estimate of drug-likeness (QED) is 0.733. The van der Waals surface area contributed by atoms with Gasteiger partial charge in [-0.3, -0.25) is 9.59 Å². The number of halogens is 1. The Morgan fingerprint density at radius 1 is 1.43 bits per heavy atom. The Labute approximate surface area is 174 Å². The number of aryl methyl sites for hydroxylation is 1. The zero-order valence-corrected chi connectivity index (χ0v) is 17.6. The zero-order chi connectivity index (χ0) is 20.1. The van der Waals surface area contributed by atoms with E-state index in [-0.39, 0.29) is 28.9 Å². The maximum atomic E-state index is 12.7. The van der Waals surface area contributed by atoms with Crippen LogP contribution in [0.25, 0.3) is 0 Å². The van der Waals surface area contributed by atoms with Crippen molar-refractivity contribution in [2.45, 2.75) is 44.4 Å². The summed E-state index contributed by atoms with van der Waals surface area (Å²) in [5.41, 5.74) is 1.07. The van der Waals surface area contributed by atoms with Crippen molar-refractivity contribution in [1.82, 2.24) is 10.1 Å². The highest BCUT2D eigenvalue weighted by atomic mass is 35.5. The first-order valence-corrected chi connectivity index (χ1v) is 10.8. The third kappa shape index (κ3) is 5.29. The van der Waals surface area contributed by atoms with Gasteiger partial charge < -0.3 is 14.7 Å². The van der Waals surface area contributed by atoms with Crippen molar-refractivity contribution in [3.63, 3.8) is 0 Å². The van der Waals surface area contributed by atoms with Crippen molar-refractivity contribution in [1.29, 1.82) is 0 Å². The van der Waals surface area contributed by atoms with Gasteiger partial charge in [-0.1, -0.05) is 35.0 Å². The van der Waals surface area contributed by atoms with Crippen molar-refractivity contribution in [2.75, 3.05) is 17.6 Å². The number of hydrogen-bond donors (Lipinski definition) is 1. The fourth-order valence-electron chi connectivity index (χ4n) is 3.30. The molecule has 0 aliphatic carbocycles. The molecule has 1 aromatic heterocycles. The van der Waals surface area contributed by atoms with Crippen LogP contribution in [0.4, 0.5) is 5.82 Å². The lowest BCUT2D eigenvalue weighted by Crippen LogP contribution is -2.38. The molecule has 2 amide bonds. The average molecular weight is 422 g/mol. The second-order valence-corrected chi connectivity index (χ2v) is 8.68. The van der Waals surface area contributed by atoms with Crippen LogP contribution in [-0.2, 0) is 16.0 Å². The lowest BCUT2D eigenvalue weighted by atomic mass is 10.0. The van der Waals surface area contributed by atoms with Crippen LogP contribution in [0.2, 0.25) is 5.02 Å². The highest BCUT2D eigenvalue weighted by Gasteiger charge is 2.29. The molecule has 2 atom stereocenters. The van der Waals surface area contributed by atoms with E-state index in [0.29, 0.717) is 11.6 Å². The summed E-state index contributed by atoms with van der Waals surface area (Å²) in [7, 11) is 0. The number of hydrogen-bond acceptors (Lipinski definition) is 5. The van der Waals surface area contributed by atoms with Crippen LogP contribution < -0.4 is 5.32 Å². The molecule has 1 aromatic carbocycles. The summed E-state index contributed by atoms with van der Waals surface area (Å²) in [5.74, 6) is 1.16. The van der Waals surface area contributed by atoms with E-state index in [2.05, 4.69) is 10.5 Å². The number of aromatic nitrogens is 1. The SMILES string of the molecule is Cc1cc(NC(=O)C(C)SCC(=O)N2CCCC2Cc2ccccc2Cl)no1. The number of nitrogens with one attached hydrogen (secondary N) is 1.